The average molecular weight is 881 g/mol. The van der Waals surface area contributed by atoms with Crippen molar-refractivity contribution in [2.75, 3.05) is 0 Å². The second-order valence-corrected chi connectivity index (χ2v) is 19.0. The second kappa shape index (κ2) is 34.2. The molecule has 0 aliphatic carbocycles. The van der Waals surface area contributed by atoms with E-state index in [1.54, 1.807) is 4.70 Å². The summed E-state index contributed by atoms with van der Waals surface area (Å²) in [6.07, 6.45) is 39.6. The molecule has 1 heterocycles. The molecule has 332 valence electrons. The van der Waals surface area contributed by atoms with Crippen molar-refractivity contribution < 1.29 is 17.4 Å². The van der Waals surface area contributed by atoms with Gasteiger partial charge in [0.2, 0.25) is 11.4 Å². The van der Waals surface area contributed by atoms with Crippen LogP contribution in [0.3, 0.4) is 0 Å². The Morgan fingerprint density at radius 1 is 0.397 bits per heavy atom. The molecule has 2 aromatic rings. The summed E-state index contributed by atoms with van der Waals surface area (Å²) in [6, 6.07) is 14.7. The van der Waals surface area contributed by atoms with Gasteiger partial charge >= 0.3 is 33.0 Å². The van der Waals surface area contributed by atoms with Gasteiger partial charge in [-0.1, -0.05) is 182 Å². The van der Waals surface area contributed by atoms with Crippen LogP contribution in [0.5, 0.6) is 0 Å². The van der Waals surface area contributed by atoms with Crippen molar-refractivity contribution in [3.63, 3.8) is 0 Å². The van der Waals surface area contributed by atoms with E-state index < -0.39 is 0 Å². The first-order valence-electron chi connectivity index (χ1n) is 24.4. The third-order valence-corrected chi connectivity index (χ3v) is 12.2. The van der Waals surface area contributed by atoms with Crippen molar-refractivity contribution in [2.24, 2.45) is 0 Å². The van der Waals surface area contributed by atoms with Gasteiger partial charge < -0.3 is 5.53 Å². The van der Waals surface area contributed by atoms with Gasteiger partial charge in [0.1, 0.15) is 0 Å². The van der Waals surface area contributed by atoms with Gasteiger partial charge in [-0.05, 0) is 118 Å². The zero-order valence-electron chi connectivity index (χ0n) is 38.4. The summed E-state index contributed by atoms with van der Waals surface area (Å²) in [5.74, 6) is 0. The Labute approximate surface area is 374 Å². The Hall–Kier alpha value is -1.41. The van der Waals surface area contributed by atoms with Crippen LogP contribution >= 0.6 is 20.4 Å². The molecule has 0 amide bonds. The van der Waals surface area contributed by atoms with Crippen LogP contribution in [-0.2, 0) is 38.3 Å². The van der Waals surface area contributed by atoms with E-state index in [0.717, 1.165) is 56.3 Å². The molecule has 3 rings (SSSR count). The number of benzene rings is 2. The molecule has 1 aliphatic rings. The van der Waals surface area contributed by atoms with Gasteiger partial charge in [-0.3, -0.25) is 0 Å². The van der Waals surface area contributed by atoms with Crippen LogP contribution in [0.2, 0.25) is 0 Å². The van der Waals surface area contributed by atoms with Crippen LogP contribution in [0.15, 0.2) is 47.5 Å². The zero-order valence-corrected chi connectivity index (χ0v) is 40.9. The number of aryl methyl sites for hydroxylation is 4. The predicted molar refractivity (Wildman–Crippen MR) is 256 cm³/mol. The van der Waals surface area contributed by atoms with Crippen LogP contribution in [0.1, 0.15) is 248 Å². The van der Waals surface area contributed by atoms with E-state index in [2.05, 4.69) is 77.9 Å². The van der Waals surface area contributed by atoms with Crippen LogP contribution in [0.4, 0.5) is 0 Å². The number of rotatable bonds is 33. The first-order chi connectivity index (χ1) is 28.4. The van der Waals surface area contributed by atoms with E-state index in [1.807, 2.05) is 0 Å². The van der Waals surface area contributed by atoms with Gasteiger partial charge in [-0.2, -0.15) is 0 Å². The minimum absolute atomic E-state index is 0.569. The fourth-order valence-electron chi connectivity index (χ4n) is 8.83. The van der Waals surface area contributed by atoms with E-state index in [9.17, 15) is 5.53 Å². The SMILES string of the molecule is CCCCCCCCc1cc(CCCCCCCC)cc(C2=C(C)C(CCCC)=C(c3cc(CCCCCCCC)cc(CCCCCCCC)c3)[N+]2=[N-])c1.[Cl][Ni][Cl]. The van der Waals surface area contributed by atoms with Gasteiger partial charge in [0.15, 0.2) is 0 Å². The first-order valence-corrected chi connectivity index (χ1v) is 27.1. The number of unbranched alkanes of at least 4 members (excludes halogenated alkanes) is 21. The summed E-state index contributed by atoms with van der Waals surface area (Å²) < 4.78 is 1.64. The van der Waals surface area contributed by atoms with E-state index in [-0.39, 0.29) is 0 Å². The molecule has 1 aliphatic heterocycles. The van der Waals surface area contributed by atoms with Crippen LogP contribution in [-0.4, -0.2) is 4.70 Å². The Balaban J connectivity index is 0.00000374. The molecule has 0 unspecified atom stereocenters. The zero-order chi connectivity index (χ0) is 42.2. The molecule has 0 saturated carbocycles. The molecule has 2 aromatic carbocycles. The molecule has 2 nitrogen and oxygen atoms in total. The van der Waals surface area contributed by atoms with E-state index >= 15 is 0 Å². The standard InChI is InChI=1S/C53H86N2.2ClH.Ni/c1-7-12-17-21-25-29-33-45-38-46(34-30-26-22-18-13-8-2)41-49(40-45)52-44(6)51(37-16-11-5)53(55(52)54)50-42-47(35-31-27-23-19-14-9-3)39-48(43-50)36-32-28-24-20-15-10-4;;;/h38-43H,7-37H2,1-6H3;2*1H;/q;;;+2/p-2. The van der Waals surface area contributed by atoms with Crippen molar-refractivity contribution in [3.05, 3.63) is 86.5 Å². The Morgan fingerprint density at radius 2 is 0.672 bits per heavy atom. The van der Waals surface area contributed by atoms with Crippen LogP contribution < -0.4 is 0 Å². The fraction of sp³-hybridized carbons (Fsp3) is 0.698. The molecular weight excluding hydrogens is 794 g/mol. The number of halogens is 2. The molecule has 0 atom stereocenters. The van der Waals surface area contributed by atoms with Crippen LogP contribution in [0, 0.1) is 0 Å². The van der Waals surface area contributed by atoms with Gasteiger partial charge in [0, 0.05) is 22.3 Å². The van der Waals surface area contributed by atoms with E-state index in [1.165, 1.54) is 199 Å². The van der Waals surface area contributed by atoms with Crippen molar-refractivity contribution in [1.82, 2.24) is 0 Å². The molecule has 0 fully saturated rings. The Kier molecular flexibility index (Phi) is 31.1. The maximum absolute atomic E-state index is 12.5. The summed E-state index contributed by atoms with van der Waals surface area (Å²) >= 11 is 0.569. The third kappa shape index (κ3) is 20.9. The van der Waals surface area contributed by atoms with Crippen molar-refractivity contribution >= 4 is 31.8 Å². The molecule has 58 heavy (non-hydrogen) atoms. The summed E-state index contributed by atoms with van der Waals surface area (Å²) in [7, 11) is 9.40. The summed E-state index contributed by atoms with van der Waals surface area (Å²) in [5.41, 5.74) is 25.4. The van der Waals surface area contributed by atoms with Gasteiger partial charge in [0.05, 0.1) is 0 Å². The van der Waals surface area contributed by atoms with Gasteiger partial charge in [-0.15, -0.1) is 0 Å². The number of nitrogens with zero attached hydrogens (tertiary/aromatic N) is 2. The summed E-state index contributed by atoms with van der Waals surface area (Å²) in [6.45, 7) is 13.8. The molecule has 0 aromatic heterocycles. The molecule has 0 radical (unpaired) electrons. The summed E-state index contributed by atoms with van der Waals surface area (Å²) in [4.78, 5) is 0. The molecule has 0 spiro atoms. The summed E-state index contributed by atoms with van der Waals surface area (Å²) in [5, 5.41) is 0. The van der Waals surface area contributed by atoms with Gasteiger partial charge in [0.25, 0.3) is 0 Å². The Bertz CT molecular complexity index is 1390. The number of hydrogen-bond donors (Lipinski definition) is 0. The van der Waals surface area contributed by atoms with Crippen LogP contribution in [0.25, 0.3) is 16.9 Å². The van der Waals surface area contributed by atoms with Crippen molar-refractivity contribution in [3.8, 4) is 0 Å². The average Bonchev–Trinajstić information content (AvgIpc) is 3.47. The van der Waals surface area contributed by atoms with E-state index in [4.69, 9.17) is 20.4 Å². The molecule has 0 saturated heterocycles. The first kappa shape index (κ1) is 52.7. The monoisotopic (exact) mass is 879 g/mol. The molecule has 0 N–H and O–H groups in total. The maximum atomic E-state index is 12.5. The molecule has 5 heteroatoms. The normalized spacial score (nSPS) is 12.9. The van der Waals surface area contributed by atoms with Gasteiger partial charge in [-0.25, -0.2) is 4.70 Å². The quantitative estimate of drug-likeness (QED) is 0.0388. The second-order valence-electron chi connectivity index (χ2n) is 17.4. The van der Waals surface area contributed by atoms with Crippen molar-refractivity contribution in [1.29, 1.82) is 0 Å². The third-order valence-electron chi connectivity index (χ3n) is 12.2. The topological polar surface area (TPSA) is 25.3 Å². The Morgan fingerprint density at radius 3 is 0.983 bits per heavy atom. The number of allylic oxidation sites excluding steroid dienone is 2. The fourth-order valence-corrected chi connectivity index (χ4v) is 8.83. The number of hydrogen-bond acceptors (Lipinski definition) is 0. The minimum atomic E-state index is 0.569. The van der Waals surface area contributed by atoms with E-state index in [0.29, 0.717) is 12.7 Å². The van der Waals surface area contributed by atoms with Crippen molar-refractivity contribution in [2.45, 2.75) is 241 Å². The molecule has 0 bridgehead atoms. The predicted octanol–water partition coefficient (Wildman–Crippen LogP) is 19.1. The molecular formula is C53H86Cl2N2Ni.